The maximum atomic E-state index is 6.23. The molecule has 0 amide bonds. The Morgan fingerprint density at radius 1 is 1.25 bits per heavy atom. The summed E-state index contributed by atoms with van der Waals surface area (Å²) in [7, 11) is 1.53. The molecule has 2 aromatic heterocycles. The molecule has 0 radical (unpaired) electrons. The normalized spacial score (nSPS) is 10.9. The van der Waals surface area contributed by atoms with Crippen LogP contribution in [0.15, 0.2) is 24.5 Å². The van der Waals surface area contributed by atoms with Crippen LogP contribution in [-0.2, 0) is 0 Å². The number of H-pyrrole nitrogens is 1. The van der Waals surface area contributed by atoms with Crippen LogP contribution in [0.5, 0.6) is 5.88 Å². The van der Waals surface area contributed by atoms with Gasteiger partial charge in [-0.25, -0.2) is 4.98 Å². The summed E-state index contributed by atoms with van der Waals surface area (Å²) in [6.07, 6.45) is 1.39. The SMILES string of the molecule is COc1ncnc2c1[nH]c(=S)n2-c1c(Cl)cccc1Cl. The highest BCUT2D eigenvalue weighted by Crippen LogP contribution is 2.32. The zero-order valence-corrected chi connectivity index (χ0v) is 12.6. The summed E-state index contributed by atoms with van der Waals surface area (Å²) in [6.45, 7) is 0. The lowest BCUT2D eigenvalue weighted by molar-refractivity contribution is 0.401. The minimum absolute atomic E-state index is 0.406. The van der Waals surface area contributed by atoms with Crippen molar-refractivity contribution in [2.24, 2.45) is 0 Å². The number of ether oxygens (including phenoxy) is 1. The van der Waals surface area contributed by atoms with Crippen LogP contribution in [0.4, 0.5) is 0 Å². The molecular weight excluding hydrogens is 319 g/mol. The van der Waals surface area contributed by atoms with Gasteiger partial charge in [-0.1, -0.05) is 29.3 Å². The average molecular weight is 327 g/mol. The van der Waals surface area contributed by atoms with Crippen molar-refractivity contribution in [3.8, 4) is 11.6 Å². The van der Waals surface area contributed by atoms with Gasteiger partial charge in [0.15, 0.2) is 10.4 Å². The Morgan fingerprint density at radius 2 is 1.95 bits per heavy atom. The molecule has 2 heterocycles. The molecule has 5 nitrogen and oxygen atoms in total. The van der Waals surface area contributed by atoms with Crippen molar-refractivity contribution in [3.63, 3.8) is 0 Å². The van der Waals surface area contributed by atoms with Gasteiger partial charge in [0.05, 0.1) is 22.8 Å². The van der Waals surface area contributed by atoms with Gasteiger partial charge in [0.25, 0.3) is 0 Å². The van der Waals surface area contributed by atoms with Crippen LogP contribution >= 0.6 is 35.4 Å². The molecule has 0 unspecified atom stereocenters. The molecule has 8 heteroatoms. The number of para-hydroxylation sites is 1. The zero-order valence-electron chi connectivity index (χ0n) is 10.2. The lowest BCUT2D eigenvalue weighted by Gasteiger charge is -2.08. The topological polar surface area (TPSA) is 55.7 Å². The molecule has 0 spiro atoms. The van der Waals surface area contributed by atoms with Crippen LogP contribution in [0.1, 0.15) is 0 Å². The van der Waals surface area contributed by atoms with E-state index in [1.807, 2.05) is 0 Å². The molecule has 102 valence electrons. The number of rotatable bonds is 2. The van der Waals surface area contributed by atoms with E-state index in [1.165, 1.54) is 13.4 Å². The predicted molar refractivity (Wildman–Crippen MR) is 80.6 cm³/mol. The number of methoxy groups -OCH3 is 1. The summed E-state index contributed by atoms with van der Waals surface area (Å²) in [4.78, 5) is 11.3. The summed E-state index contributed by atoms with van der Waals surface area (Å²) in [5.41, 5.74) is 1.72. The standard InChI is InChI=1S/C12H8Cl2N4OS/c1-19-11-8-10(15-5-16-11)18(12(20)17-8)9-6(13)3-2-4-7(9)14/h2-5H,1H3,(H,17,20). The van der Waals surface area contributed by atoms with Gasteiger partial charge >= 0.3 is 0 Å². The number of halogens is 2. The first-order valence-electron chi connectivity index (χ1n) is 5.57. The first-order valence-corrected chi connectivity index (χ1v) is 6.74. The number of hydrogen-bond acceptors (Lipinski definition) is 4. The Bertz CT molecular complexity index is 838. The largest absolute Gasteiger partial charge is 0.479 e. The summed E-state index contributed by atoms with van der Waals surface area (Å²) in [6, 6.07) is 5.24. The molecule has 0 saturated carbocycles. The van der Waals surface area contributed by atoms with Crippen molar-refractivity contribution in [2.45, 2.75) is 0 Å². The minimum atomic E-state index is 0.406. The van der Waals surface area contributed by atoms with E-state index >= 15 is 0 Å². The molecule has 0 fully saturated rings. The molecule has 0 bridgehead atoms. The maximum Gasteiger partial charge on any atom is 0.242 e. The quantitative estimate of drug-likeness (QED) is 0.728. The van der Waals surface area contributed by atoms with E-state index in [-0.39, 0.29) is 0 Å². The van der Waals surface area contributed by atoms with Crippen molar-refractivity contribution in [3.05, 3.63) is 39.3 Å². The Morgan fingerprint density at radius 3 is 2.60 bits per heavy atom. The molecule has 1 aromatic carbocycles. The van der Waals surface area contributed by atoms with Gasteiger partial charge in [-0.2, -0.15) is 4.98 Å². The van der Waals surface area contributed by atoms with E-state index < -0.39 is 0 Å². The highest BCUT2D eigenvalue weighted by atomic mass is 35.5. The van der Waals surface area contributed by atoms with Gasteiger partial charge in [0, 0.05) is 0 Å². The number of nitrogens with one attached hydrogen (secondary N) is 1. The molecule has 0 aliphatic carbocycles. The zero-order chi connectivity index (χ0) is 14.3. The van der Waals surface area contributed by atoms with Gasteiger partial charge < -0.3 is 9.72 Å². The Labute approximate surface area is 129 Å². The second-order valence-electron chi connectivity index (χ2n) is 3.92. The smallest absolute Gasteiger partial charge is 0.242 e. The van der Waals surface area contributed by atoms with E-state index in [0.717, 1.165) is 0 Å². The molecule has 0 saturated heterocycles. The van der Waals surface area contributed by atoms with E-state index in [2.05, 4.69) is 15.0 Å². The van der Waals surface area contributed by atoms with E-state index in [9.17, 15) is 0 Å². The van der Waals surface area contributed by atoms with Crippen molar-refractivity contribution in [2.75, 3.05) is 7.11 Å². The van der Waals surface area contributed by atoms with Crippen LogP contribution in [-0.4, -0.2) is 26.6 Å². The number of aromatic amines is 1. The van der Waals surface area contributed by atoms with Gasteiger partial charge in [0.1, 0.15) is 11.8 Å². The average Bonchev–Trinajstić information content (AvgIpc) is 2.75. The van der Waals surface area contributed by atoms with E-state index in [0.29, 0.717) is 37.5 Å². The number of imidazole rings is 1. The van der Waals surface area contributed by atoms with Gasteiger partial charge in [-0.3, -0.25) is 4.57 Å². The molecule has 3 rings (SSSR count). The third kappa shape index (κ3) is 1.96. The van der Waals surface area contributed by atoms with Crippen molar-refractivity contribution in [1.29, 1.82) is 0 Å². The summed E-state index contributed by atoms with van der Waals surface area (Å²) >= 11 is 17.8. The summed E-state index contributed by atoms with van der Waals surface area (Å²) in [5, 5.41) is 0.958. The van der Waals surface area contributed by atoms with Crippen molar-refractivity contribution in [1.82, 2.24) is 19.5 Å². The van der Waals surface area contributed by atoms with Gasteiger partial charge in [-0.15, -0.1) is 0 Å². The fraction of sp³-hybridized carbons (Fsp3) is 0.0833. The molecule has 3 aromatic rings. The highest BCUT2D eigenvalue weighted by molar-refractivity contribution is 7.71. The third-order valence-corrected chi connectivity index (χ3v) is 3.69. The lowest BCUT2D eigenvalue weighted by atomic mass is 10.3. The van der Waals surface area contributed by atoms with E-state index in [1.54, 1.807) is 22.8 Å². The molecule has 0 aliphatic heterocycles. The van der Waals surface area contributed by atoms with Crippen LogP contribution in [0, 0.1) is 4.77 Å². The van der Waals surface area contributed by atoms with Crippen LogP contribution < -0.4 is 4.74 Å². The monoisotopic (exact) mass is 326 g/mol. The first kappa shape index (κ1) is 13.4. The third-order valence-electron chi connectivity index (χ3n) is 2.79. The first-order chi connectivity index (χ1) is 9.63. The van der Waals surface area contributed by atoms with Crippen LogP contribution in [0.2, 0.25) is 10.0 Å². The summed E-state index contributed by atoms with van der Waals surface area (Å²) < 4.78 is 7.26. The maximum absolute atomic E-state index is 6.23. The number of hydrogen-bond donors (Lipinski definition) is 1. The number of aromatic nitrogens is 4. The fourth-order valence-corrected chi connectivity index (χ4v) is 2.81. The Hall–Kier alpha value is -1.63. The predicted octanol–water partition coefficient (Wildman–Crippen LogP) is 3.79. The fourth-order valence-electron chi connectivity index (χ4n) is 1.96. The van der Waals surface area contributed by atoms with Gasteiger partial charge in [0.2, 0.25) is 5.88 Å². The minimum Gasteiger partial charge on any atom is -0.479 e. The lowest BCUT2D eigenvalue weighted by Crippen LogP contribution is -1.98. The molecule has 0 aliphatic rings. The van der Waals surface area contributed by atoms with Gasteiger partial charge in [-0.05, 0) is 24.4 Å². The number of fused-ring (bicyclic) bond motifs is 1. The summed E-state index contributed by atoms with van der Waals surface area (Å²) in [5.74, 6) is 0.406. The Balaban J connectivity index is 2.44. The Kier molecular flexibility index (Phi) is 3.37. The molecule has 1 N–H and O–H groups in total. The highest BCUT2D eigenvalue weighted by Gasteiger charge is 2.16. The van der Waals surface area contributed by atoms with Crippen LogP contribution in [0.3, 0.4) is 0 Å². The number of nitrogens with zero attached hydrogens (tertiary/aromatic N) is 3. The van der Waals surface area contributed by atoms with E-state index in [4.69, 9.17) is 40.2 Å². The molecule has 20 heavy (non-hydrogen) atoms. The van der Waals surface area contributed by atoms with Crippen molar-refractivity contribution < 1.29 is 4.74 Å². The number of benzene rings is 1. The van der Waals surface area contributed by atoms with Crippen molar-refractivity contribution >= 4 is 46.6 Å². The molecule has 0 atom stereocenters. The second-order valence-corrected chi connectivity index (χ2v) is 5.12. The second kappa shape index (κ2) is 5.05. The van der Waals surface area contributed by atoms with Crippen LogP contribution in [0.25, 0.3) is 16.9 Å². The molecular formula is C12H8Cl2N4OS.